The lowest BCUT2D eigenvalue weighted by Crippen LogP contribution is -2.48. The van der Waals surface area contributed by atoms with Crippen molar-refractivity contribution in [1.29, 1.82) is 0 Å². The lowest BCUT2D eigenvalue weighted by molar-refractivity contribution is -0.00513. The second kappa shape index (κ2) is 8.26. The standard InChI is InChI=1S/C32H42N2/c1-31(2,3)25-9-7-24(8-10-25)30-27(6-4-5-13-33)28-17-26(11-12-29(28)34-30)32-18-21-14-22(19-32)16-23(15-21)20-32/h7-12,17,21-23,34H,4-6,13-16,18-20,33H2,1-3H3. The molecule has 3 aromatic rings. The first kappa shape index (κ1) is 22.4. The smallest absolute Gasteiger partial charge is 0.0497 e. The molecule has 4 fully saturated rings. The zero-order valence-electron chi connectivity index (χ0n) is 21.4. The number of benzene rings is 2. The fourth-order valence-corrected chi connectivity index (χ4v) is 8.13. The molecule has 1 heterocycles. The highest BCUT2D eigenvalue weighted by Gasteiger charge is 2.51. The Morgan fingerprint density at radius 2 is 1.53 bits per heavy atom. The van der Waals surface area contributed by atoms with Crippen LogP contribution in [-0.2, 0) is 17.3 Å². The highest BCUT2D eigenvalue weighted by molar-refractivity contribution is 5.91. The lowest BCUT2D eigenvalue weighted by atomic mass is 9.48. The minimum atomic E-state index is 0.176. The molecule has 4 aliphatic rings. The van der Waals surface area contributed by atoms with Gasteiger partial charge in [-0.1, -0.05) is 51.1 Å². The molecule has 3 N–H and O–H groups in total. The number of nitrogens with one attached hydrogen (secondary N) is 1. The molecule has 1 aromatic heterocycles. The van der Waals surface area contributed by atoms with Gasteiger partial charge in [-0.05, 0) is 127 Å². The Bertz CT molecular complexity index is 1140. The van der Waals surface area contributed by atoms with Gasteiger partial charge in [0.2, 0.25) is 0 Å². The van der Waals surface area contributed by atoms with E-state index in [9.17, 15) is 0 Å². The predicted molar refractivity (Wildman–Crippen MR) is 144 cm³/mol. The van der Waals surface area contributed by atoms with Gasteiger partial charge in [-0.15, -0.1) is 0 Å². The Kier molecular flexibility index (Phi) is 5.44. The van der Waals surface area contributed by atoms with Gasteiger partial charge in [0.05, 0.1) is 0 Å². The van der Waals surface area contributed by atoms with Crippen LogP contribution >= 0.6 is 0 Å². The fourth-order valence-electron chi connectivity index (χ4n) is 8.13. The van der Waals surface area contributed by atoms with Crippen LogP contribution in [0.25, 0.3) is 22.2 Å². The molecule has 0 amide bonds. The molecule has 4 saturated carbocycles. The number of fused-ring (bicyclic) bond motifs is 1. The maximum Gasteiger partial charge on any atom is 0.0497 e. The molecule has 2 heteroatoms. The van der Waals surface area contributed by atoms with Crippen LogP contribution in [0.5, 0.6) is 0 Å². The summed E-state index contributed by atoms with van der Waals surface area (Å²) >= 11 is 0. The van der Waals surface area contributed by atoms with Gasteiger partial charge in [-0.3, -0.25) is 0 Å². The first-order valence-corrected chi connectivity index (χ1v) is 13.8. The van der Waals surface area contributed by atoms with Crippen molar-refractivity contribution < 1.29 is 0 Å². The van der Waals surface area contributed by atoms with Gasteiger partial charge in [-0.25, -0.2) is 0 Å². The average Bonchev–Trinajstić information content (AvgIpc) is 3.16. The first-order valence-electron chi connectivity index (χ1n) is 13.8. The Morgan fingerprint density at radius 1 is 0.882 bits per heavy atom. The summed E-state index contributed by atoms with van der Waals surface area (Å²) in [6.07, 6.45) is 12.1. The average molecular weight is 455 g/mol. The van der Waals surface area contributed by atoms with Crippen LogP contribution in [0, 0.1) is 17.8 Å². The van der Waals surface area contributed by atoms with E-state index >= 15 is 0 Å². The number of hydrogen-bond donors (Lipinski definition) is 2. The van der Waals surface area contributed by atoms with Crippen LogP contribution in [0.4, 0.5) is 0 Å². The summed E-state index contributed by atoms with van der Waals surface area (Å²) in [6, 6.07) is 16.7. The van der Waals surface area contributed by atoms with Gasteiger partial charge in [0.15, 0.2) is 0 Å². The molecule has 180 valence electrons. The van der Waals surface area contributed by atoms with Crippen LogP contribution < -0.4 is 5.73 Å². The fraction of sp³-hybridized carbons (Fsp3) is 0.562. The van der Waals surface area contributed by atoms with Gasteiger partial charge in [0.1, 0.15) is 0 Å². The minimum absolute atomic E-state index is 0.176. The van der Waals surface area contributed by atoms with E-state index in [-0.39, 0.29) is 5.41 Å². The van der Waals surface area contributed by atoms with Crippen LogP contribution in [-0.4, -0.2) is 11.5 Å². The summed E-state index contributed by atoms with van der Waals surface area (Å²) in [5.74, 6) is 2.94. The molecule has 0 atom stereocenters. The molecular weight excluding hydrogens is 412 g/mol. The third kappa shape index (κ3) is 3.83. The van der Waals surface area contributed by atoms with Crippen LogP contribution in [0.3, 0.4) is 0 Å². The summed E-state index contributed by atoms with van der Waals surface area (Å²) in [6.45, 7) is 7.63. The summed E-state index contributed by atoms with van der Waals surface area (Å²) in [4.78, 5) is 3.84. The number of aromatic nitrogens is 1. The predicted octanol–water partition coefficient (Wildman–Crippen LogP) is 7.88. The monoisotopic (exact) mass is 454 g/mol. The second-order valence-electron chi connectivity index (χ2n) is 13.0. The summed E-state index contributed by atoms with van der Waals surface area (Å²) in [7, 11) is 0. The Hall–Kier alpha value is -2.06. The maximum absolute atomic E-state index is 5.87. The van der Waals surface area contributed by atoms with Gasteiger partial charge < -0.3 is 10.7 Å². The molecule has 2 nitrogen and oxygen atoms in total. The normalized spacial score (nSPS) is 28.2. The van der Waals surface area contributed by atoms with E-state index < -0.39 is 0 Å². The molecule has 4 bridgehead atoms. The molecule has 7 rings (SSSR count). The molecule has 0 unspecified atom stereocenters. The van der Waals surface area contributed by atoms with E-state index in [2.05, 4.69) is 68.2 Å². The SMILES string of the molecule is CC(C)(C)c1ccc(-c2[nH]c3ccc(C45CC6CC(CC(C6)C4)C5)cc3c2CCCCN)cc1. The zero-order valence-corrected chi connectivity index (χ0v) is 21.4. The van der Waals surface area contributed by atoms with Crippen LogP contribution in [0.15, 0.2) is 42.5 Å². The number of aryl methyl sites for hydroxylation is 1. The molecule has 0 radical (unpaired) electrons. The Labute approximate surface area is 205 Å². The third-order valence-corrected chi connectivity index (χ3v) is 9.48. The van der Waals surface area contributed by atoms with Crippen LogP contribution in [0.2, 0.25) is 0 Å². The van der Waals surface area contributed by atoms with E-state index in [4.69, 9.17) is 5.73 Å². The molecule has 34 heavy (non-hydrogen) atoms. The van der Waals surface area contributed by atoms with E-state index in [1.165, 1.54) is 71.8 Å². The van der Waals surface area contributed by atoms with E-state index in [1.807, 2.05) is 0 Å². The molecule has 0 spiro atoms. The van der Waals surface area contributed by atoms with Crippen LogP contribution in [0.1, 0.15) is 88.8 Å². The quantitative estimate of drug-likeness (QED) is 0.365. The van der Waals surface area contributed by atoms with Crippen molar-refractivity contribution in [2.75, 3.05) is 6.54 Å². The van der Waals surface area contributed by atoms with Gasteiger partial charge >= 0.3 is 0 Å². The van der Waals surface area contributed by atoms with E-state index in [0.29, 0.717) is 5.41 Å². The lowest BCUT2D eigenvalue weighted by Gasteiger charge is -2.57. The van der Waals surface area contributed by atoms with Crippen molar-refractivity contribution in [3.8, 4) is 11.3 Å². The van der Waals surface area contributed by atoms with Gasteiger partial charge in [0, 0.05) is 16.6 Å². The number of aromatic amines is 1. The summed E-state index contributed by atoms with van der Waals surface area (Å²) < 4.78 is 0. The maximum atomic E-state index is 5.87. The molecular formula is C32H42N2. The zero-order chi connectivity index (χ0) is 23.5. The first-order chi connectivity index (χ1) is 16.3. The number of nitrogens with two attached hydrogens (primary N) is 1. The van der Waals surface area contributed by atoms with Gasteiger partial charge in [0.25, 0.3) is 0 Å². The minimum Gasteiger partial charge on any atom is -0.354 e. The van der Waals surface area contributed by atoms with E-state index in [1.54, 1.807) is 5.56 Å². The number of rotatable bonds is 6. The second-order valence-corrected chi connectivity index (χ2v) is 13.0. The third-order valence-electron chi connectivity index (χ3n) is 9.48. The Balaban J connectivity index is 1.42. The summed E-state index contributed by atoms with van der Waals surface area (Å²) in [5.41, 5.74) is 14.9. The van der Waals surface area contributed by atoms with Gasteiger partial charge in [-0.2, -0.15) is 0 Å². The topological polar surface area (TPSA) is 41.8 Å². The largest absolute Gasteiger partial charge is 0.354 e. The number of hydrogen-bond acceptors (Lipinski definition) is 1. The molecule has 4 aliphatic carbocycles. The van der Waals surface area contributed by atoms with Crippen molar-refractivity contribution in [2.24, 2.45) is 23.5 Å². The molecule has 2 aromatic carbocycles. The van der Waals surface area contributed by atoms with Crippen molar-refractivity contribution in [3.63, 3.8) is 0 Å². The number of H-pyrrole nitrogens is 1. The molecule has 0 saturated heterocycles. The van der Waals surface area contributed by atoms with Crippen molar-refractivity contribution >= 4 is 10.9 Å². The van der Waals surface area contributed by atoms with Crippen molar-refractivity contribution in [2.45, 2.75) is 89.4 Å². The van der Waals surface area contributed by atoms with Crippen molar-refractivity contribution in [1.82, 2.24) is 4.98 Å². The van der Waals surface area contributed by atoms with Crippen molar-refractivity contribution in [3.05, 3.63) is 59.2 Å². The van der Waals surface area contributed by atoms with E-state index in [0.717, 1.165) is 43.6 Å². The summed E-state index contributed by atoms with van der Waals surface area (Å²) in [5, 5.41) is 1.46. The highest BCUT2D eigenvalue weighted by atomic mass is 14.7. The Morgan fingerprint density at radius 3 is 2.12 bits per heavy atom. The number of unbranched alkanes of at least 4 members (excludes halogenated alkanes) is 1. The highest BCUT2D eigenvalue weighted by Crippen LogP contribution is 2.61. The molecule has 0 aliphatic heterocycles.